The van der Waals surface area contributed by atoms with Gasteiger partial charge >= 0.3 is 7.12 Å². The van der Waals surface area contributed by atoms with Crippen LogP contribution in [0.15, 0.2) is 16.5 Å². The molecule has 0 aliphatic rings. The van der Waals surface area contributed by atoms with Crippen molar-refractivity contribution < 1.29 is 22.9 Å². The molecule has 0 spiro atoms. The van der Waals surface area contributed by atoms with Gasteiger partial charge in [-0.15, -0.1) is 0 Å². The quantitative estimate of drug-likeness (QED) is 0.512. The summed E-state index contributed by atoms with van der Waals surface area (Å²) in [6.07, 6.45) is 1.34. The van der Waals surface area contributed by atoms with Gasteiger partial charge in [0.05, 0.1) is 5.75 Å². The topological polar surface area (TPSA) is 114 Å². The van der Waals surface area contributed by atoms with Crippen LogP contribution in [-0.4, -0.2) is 43.6 Å². The zero-order chi connectivity index (χ0) is 12.3. The highest BCUT2D eigenvalue weighted by molar-refractivity contribution is 7.90. The molecule has 0 saturated carbocycles. The average Bonchev–Trinajstić information content (AvgIpc) is 2.48. The number of hydrogen-bond donors (Lipinski definition) is 3. The summed E-state index contributed by atoms with van der Waals surface area (Å²) in [7, 11) is -4.79. The van der Waals surface area contributed by atoms with E-state index in [1.165, 1.54) is 12.1 Å². The van der Waals surface area contributed by atoms with Crippen molar-refractivity contribution in [2.24, 2.45) is 5.73 Å². The van der Waals surface area contributed by atoms with Crippen molar-refractivity contribution in [1.29, 1.82) is 0 Å². The molecule has 0 fully saturated rings. The van der Waals surface area contributed by atoms with Gasteiger partial charge in [-0.2, -0.15) is 0 Å². The van der Waals surface area contributed by atoms with E-state index in [9.17, 15) is 8.42 Å². The largest absolute Gasteiger partial charge is 0.526 e. The van der Waals surface area contributed by atoms with Gasteiger partial charge in [-0.3, -0.25) is 0 Å². The van der Waals surface area contributed by atoms with Gasteiger partial charge in [0.15, 0.2) is 0 Å². The van der Waals surface area contributed by atoms with Crippen molar-refractivity contribution >= 4 is 22.6 Å². The van der Waals surface area contributed by atoms with Crippen molar-refractivity contribution in [3.05, 3.63) is 17.9 Å². The minimum Gasteiger partial charge on any atom is -0.470 e. The first-order valence-electron chi connectivity index (χ1n) is 4.66. The molecule has 0 aliphatic heterocycles. The molecule has 1 aromatic heterocycles. The normalized spacial score (nSPS) is 13.8. The van der Waals surface area contributed by atoms with E-state index in [1.54, 1.807) is 0 Å². The van der Waals surface area contributed by atoms with Crippen LogP contribution in [0.25, 0.3) is 0 Å². The van der Waals surface area contributed by atoms with Crippen LogP contribution < -0.4 is 11.4 Å². The first-order chi connectivity index (χ1) is 7.28. The molecule has 0 bridgehead atoms. The number of nitrogens with two attached hydrogens (primary N) is 1. The van der Waals surface area contributed by atoms with Crippen molar-refractivity contribution in [3.8, 4) is 0 Å². The summed E-state index contributed by atoms with van der Waals surface area (Å²) < 4.78 is 27.0. The van der Waals surface area contributed by atoms with Crippen molar-refractivity contribution in [2.45, 2.75) is 12.5 Å². The second-order valence-corrected chi connectivity index (χ2v) is 5.92. The van der Waals surface area contributed by atoms with E-state index in [0.29, 0.717) is 5.76 Å². The van der Waals surface area contributed by atoms with Gasteiger partial charge < -0.3 is 20.2 Å². The van der Waals surface area contributed by atoms with Crippen LogP contribution in [0.4, 0.5) is 0 Å². The Kier molecular flexibility index (Phi) is 4.14. The van der Waals surface area contributed by atoms with E-state index >= 15 is 0 Å². The van der Waals surface area contributed by atoms with Gasteiger partial charge in [0.1, 0.15) is 21.3 Å². The number of hydrogen-bond acceptors (Lipinski definition) is 6. The first-order valence-corrected chi connectivity index (χ1v) is 6.72. The van der Waals surface area contributed by atoms with E-state index in [2.05, 4.69) is 0 Å². The van der Waals surface area contributed by atoms with Crippen LogP contribution >= 0.6 is 0 Å². The van der Waals surface area contributed by atoms with Crippen LogP contribution in [-0.2, 0) is 16.3 Å². The Morgan fingerprint density at radius 2 is 2.12 bits per heavy atom. The molecule has 0 radical (unpaired) electrons. The Morgan fingerprint density at radius 3 is 2.56 bits per heavy atom. The summed E-state index contributed by atoms with van der Waals surface area (Å²) in [5, 5.41) is 17.6. The maximum absolute atomic E-state index is 11.0. The smallest absolute Gasteiger partial charge is 0.470 e. The summed E-state index contributed by atoms with van der Waals surface area (Å²) in [6, 6.07) is 2.38. The summed E-state index contributed by atoms with van der Waals surface area (Å²) in [5.74, 6) is 0.296. The third-order valence-corrected chi connectivity index (χ3v) is 2.95. The molecular formula is C8H14BNO5S. The zero-order valence-corrected chi connectivity index (χ0v) is 9.64. The van der Waals surface area contributed by atoms with E-state index < -0.39 is 23.0 Å². The maximum Gasteiger partial charge on any atom is 0.526 e. The lowest BCUT2D eigenvalue weighted by molar-refractivity contribution is 0.403. The zero-order valence-electron chi connectivity index (χ0n) is 8.83. The van der Waals surface area contributed by atoms with Gasteiger partial charge in [-0.05, 0) is 12.1 Å². The van der Waals surface area contributed by atoms with Crippen molar-refractivity contribution in [1.82, 2.24) is 0 Å². The second-order valence-electron chi connectivity index (χ2n) is 3.73. The lowest BCUT2D eigenvalue weighted by Crippen LogP contribution is -2.31. The summed E-state index contributed by atoms with van der Waals surface area (Å²) in [4.78, 5) is 0. The molecule has 1 rings (SSSR count). The lowest BCUT2D eigenvalue weighted by atomic mass is 9.88. The fraction of sp³-hybridized carbons (Fsp3) is 0.500. The minimum atomic E-state index is -3.12. The van der Waals surface area contributed by atoms with Gasteiger partial charge in [0.2, 0.25) is 0 Å². The molecule has 0 aromatic carbocycles. The molecule has 1 heterocycles. The maximum atomic E-state index is 11.0. The molecule has 0 saturated heterocycles. The van der Waals surface area contributed by atoms with Gasteiger partial charge in [0, 0.05) is 18.7 Å². The number of furan rings is 1. The van der Waals surface area contributed by atoms with Crippen molar-refractivity contribution in [2.75, 3.05) is 12.0 Å². The minimum absolute atomic E-state index is 0.0153. The Labute approximate surface area is 94.1 Å². The van der Waals surface area contributed by atoms with Gasteiger partial charge in [-0.25, -0.2) is 8.42 Å². The van der Waals surface area contributed by atoms with Crippen LogP contribution in [0.2, 0.25) is 0 Å². The standard InChI is InChI=1S/C8H14BNO5S/c1-16(13,14)5-6(10)4-7-2-3-8(15-7)9(11)12/h2-3,6,11-12H,4-5,10H2,1H3. The predicted octanol–water partition coefficient (Wildman–Crippen LogP) is -2.13. The van der Waals surface area contributed by atoms with E-state index in [-0.39, 0.29) is 17.8 Å². The van der Waals surface area contributed by atoms with Crippen LogP contribution in [0.1, 0.15) is 5.76 Å². The molecule has 0 aliphatic carbocycles. The Hall–Kier alpha value is -0.825. The molecule has 16 heavy (non-hydrogen) atoms. The molecule has 1 aromatic rings. The third-order valence-electron chi connectivity index (χ3n) is 1.92. The van der Waals surface area contributed by atoms with E-state index in [0.717, 1.165) is 6.26 Å². The fourth-order valence-electron chi connectivity index (χ4n) is 1.35. The average molecular weight is 247 g/mol. The molecule has 1 atom stereocenters. The highest BCUT2D eigenvalue weighted by Crippen LogP contribution is 2.03. The second kappa shape index (κ2) is 5.00. The Morgan fingerprint density at radius 1 is 1.50 bits per heavy atom. The highest BCUT2D eigenvalue weighted by Gasteiger charge is 2.18. The first kappa shape index (κ1) is 13.2. The molecule has 1 unspecified atom stereocenters. The molecule has 6 nitrogen and oxygen atoms in total. The van der Waals surface area contributed by atoms with Crippen LogP contribution in [0, 0.1) is 0 Å². The third kappa shape index (κ3) is 4.36. The summed E-state index contributed by atoms with van der Waals surface area (Å²) in [5.41, 5.74) is 5.63. The van der Waals surface area contributed by atoms with Crippen LogP contribution in [0.3, 0.4) is 0 Å². The van der Waals surface area contributed by atoms with Gasteiger partial charge in [0.25, 0.3) is 0 Å². The summed E-state index contributed by atoms with van der Waals surface area (Å²) in [6.45, 7) is 0. The molecule has 0 amide bonds. The van der Waals surface area contributed by atoms with E-state index in [4.69, 9.17) is 20.2 Å². The summed E-state index contributed by atoms with van der Waals surface area (Å²) >= 11 is 0. The SMILES string of the molecule is CS(=O)(=O)CC(N)Cc1ccc(B(O)O)o1. The van der Waals surface area contributed by atoms with Crippen LogP contribution in [0.5, 0.6) is 0 Å². The lowest BCUT2D eigenvalue weighted by Gasteiger charge is -2.07. The molecular weight excluding hydrogens is 233 g/mol. The predicted molar refractivity (Wildman–Crippen MR) is 59.9 cm³/mol. The number of rotatable bonds is 5. The monoisotopic (exact) mass is 247 g/mol. The Bertz CT molecular complexity index is 441. The molecule has 90 valence electrons. The molecule has 4 N–H and O–H groups in total. The van der Waals surface area contributed by atoms with E-state index in [1.807, 2.05) is 0 Å². The van der Waals surface area contributed by atoms with Gasteiger partial charge in [-0.1, -0.05) is 0 Å². The fourth-order valence-corrected chi connectivity index (χ4v) is 2.24. The highest BCUT2D eigenvalue weighted by atomic mass is 32.2. The van der Waals surface area contributed by atoms with Crippen molar-refractivity contribution in [3.63, 3.8) is 0 Å². The Balaban J connectivity index is 2.59. The molecule has 8 heteroatoms. The number of sulfone groups is 1.